The monoisotopic (exact) mass is 390 g/mol. The molecule has 144 valence electrons. The number of halogens is 1. The average molecular weight is 391 g/mol. The van der Waals surface area contributed by atoms with Crippen LogP contribution < -0.4 is 24.8 Å². The van der Waals surface area contributed by atoms with Crippen molar-refractivity contribution in [3.63, 3.8) is 0 Å². The lowest BCUT2D eigenvalue weighted by Crippen LogP contribution is -2.32. The standard InChI is InChI=1S/C20H23ClN2O4/c1-25-18-12-17(19(26-2)11-16(18)21)23-20(24)22-8-9-27-15-7-6-13-4-3-5-14(13)10-15/h6-7,10-12H,3-5,8-9H2,1-2H3,(H2,22,23,24). The molecule has 2 N–H and O–H groups in total. The Bertz CT molecular complexity index is 826. The van der Waals surface area contributed by atoms with Crippen molar-refractivity contribution in [2.24, 2.45) is 0 Å². The summed E-state index contributed by atoms with van der Waals surface area (Å²) in [6.07, 6.45) is 3.47. The van der Waals surface area contributed by atoms with Gasteiger partial charge in [-0.3, -0.25) is 0 Å². The van der Waals surface area contributed by atoms with Gasteiger partial charge < -0.3 is 24.8 Å². The summed E-state index contributed by atoms with van der Waals surface area (Å²) in [6, 6.07) is 9.03. The minimum Gasteiger partial charge on any atom is -0.495 e. The molecule has 27 heavy (non-hydrogen) atoms. The molecule has 2 aromatic carbocycles. The van der Waals surface area contributed by atoms with Crippen molar-refractivity contribution < 1.29 is 19.0 Å². The van der Waals surface area contributed by atoms with Gasteiger partial charge >= 0.3 is 6.03 Å². The van der Waals surface area contributed by atoms with Gasteiger partial charge in [-0.2, -0.15) is 0 Å². The smallest absolute Gasteiger partial charge is 0.319 e. The van der Waals surface area contributed by atoms with Gasteiger partial charge in [0.1, 0.15) is 23.9 Å². The predicted octanol–water partition coefficient (Wildman–Crippen LogP) is 4.05. The molecule has 0 atom stereocenters. The molecule has 0 heterocycles. The number of anilines is 1. The van der Waals surface area contributed by atoms with Crippen molar-refractivity contribution in [3.05, 3.63) is 46.5 Å². The average Bonchev–Trinajstić information content (AvgIpc) is 3.14. The van der Waals surface area contributed by atoms with E-state index in [4.69, 9.17) is 25.8 Å². The van der Waals surface area contributed by atoms with E-state index in [0.29, 0.717) is 35.4 Å². The summed E-state index contributed by atoms with van der Waals surface area (Å²) in [5.41, 5.74) is 3.24. The number of carbonyl (C=O) groups excluding carboxylic acids is 1. The van der Waals surface area contributed by atoms with Gasteiger partial charge in [0.2, 0.25) is 0 Å². The highest BCUT2D eigenvalue weighted by Gasteiger charge is 2.13. The van der Waals surface area contributed by atoms with Crippen molar-refractivity contribution >= 4 is 23.3 Å². The molecule has 0 aliphatic heterocycles. The molecular formula is C20H23ClN2O4. The number of hydrogen-bond donors (Lipinski definition) is 2. The molecule has 2 aromatic rings. The number of rotatable bonds is 7. The maximum Gasteiger partial charge on any atom is 0.319 e. The molecule has 1 aliphatic rings. The molecule has 6 nitrogen and oxygen atoms in total. The Labute approximate surface area is 163 Å². The summed E-state index contributed by atoms with van der Waals surface area (Å²) in [5.74, 6) is 1.74. The highest BCUT2D eigenvalue weighted by atomic mass is 35.5. The van der Waals surface area contributed by atoms with Crippen LogP contribution in [0.3, 0.4) is 0 Å². The van der Waals surface area contributed by atoms with Crippen molar-refractivity contribution in [2.75, 3.05) is 32.7 Å². The molecule has 0 aromatic heterocycles. The van der Waals surface area contributed by atoms with Crippen LogP contribution in [0.5, 0.6) is 17.2 Å². The lowest BCUT2D eigenvalue weighted by atomic mass is 10.1. The third kappa shape index (κ3) is 4.77. The summed E-state index contributed by atoms with van der Waals surface area (Å²) < 4.78 is 16.1. The topological polar surface area (TPSA) is 68.8 Å². The normalized spacial score (nSPS) is 12.3. The Morgan fingerprint density at radius 2 is 1.85 bits per heavy atom. The molecule has 0 radical (unpaired) electrons. The number of ether oxygens (including phenoxy) is 3. The summed E-state index contributed by atoms with van der Waals surface area (Å²) in [6.45, 7) is 0.753. The summed E-state index contributed by atoms with van der Waals surface area (Å²) in [5, 5.41) is 5.89. The number of fused-ring (bicyclic) bond motifs is 1. The van der Waals surface area contributed by atoms with E-state index in [0.717, 1.165) is 18.6 Å². The quantitative estimate of drug-likeness (QED) is 0.700. The summed E-state index contributed by atoms with van der Waals surface area (Å²) >= 11 is 6.06. The number of hydrogen-bond acceptors (Lipinski definition) is 4. The van der Waals surface area contributed by atoms with Gasteiger partial charge in [0, 0.05) is 12.1 Å². The number of benzene rings is 2. The Morgan fingerprint density at radius 1 is 1.07 bits per heavy atom. The highest BCUT2D eigenvalue weighted by Crippen LogP contribution is 2.35. The molecular weight excluding hydrogens is 368 g/mol. The van der Waals surface area contributed by atoms with Crippen LogP contribution in [0.4, 0.5) is 10.5 Å². The fraction of sp³-hybridized carbons (Fsp3) is 0.350. The Balaban J connectivity index is 1.48. The van der Waals surface area contributed by atoms with Crippen LogP contribution in [-0.2, 0) is 12.8 Å². The largest absolute Gasteiger partial charge is 0.495 e. The third-order valence-corrected chi connectivity index (χ3v) is 4.74. The van der Waals surface area contributed by atoms with Crippen LogP contribution >= 0.6 is 11.6 Å². The van der Waals surface area contributed by atoms with Crippen LogP contribution in [0.2, 0.25) is 5.02 Å². The van der Waals surface area contributed by atoms with Gasteiger partial charge in [0.25, 0.3) is 0 Å². The first-order valence-electron chi connectivity index (χ1n) is 8.81. The van der Waals surface area contributed by atoms with E-state index in [1.165, 1.54) is 31.8 Å². The molecule has 0 spiro atoms. The SMILES string of the molecule is COc1cc(NC(=O)NCCOc2ccc3c(c2)CCC3)c(OC)cc1Cl. The molecule has 0 unspecified atom stereocenters. The van der Waals surface area contributed by atoms with Crippen LogP contribution in [0.15, 0.2) is 30.3 Å². The summed E-state index contributed by atoms with van der Waals surface area (Å²) in [4.78, 5) is 12.1. The van der Waals surface area contributed by atoms with E-state index in [2.05, 4.69) is 22.8 Å². The van der Waals surface area contributed by atoms with E-state index in [9.17, 15) is 4.79 Å². The number of aryl methyl sites for hydroxylation is 2. The van der Waals surface area contributed by atoms with Gasteiger partial charge in [-0.15, -0.1) is 0 Å². The first kappa shape index (κ1) is 19.2. The van der Waals surface area contributed by atoms with Gasteiger partial charge in [0.15, 0.2) is 0 Å². The molecule has 3 rings (SSSR count). The van der Waals surface area contributed by atoms with Crippen LogP contribution in [0, 0.1) is 0 Å². The lowest BCUT2D eigenvalue weighted by molar-refractivity contribution is 0.247. The maximum atomic E-state index is 12.1. The predicted molar refractivity (Wildman–Crippen MR) is 106 cm³/mol. The molecule has 7 heteroatoms. The van der Waals surface area contributed by atoms with Gasteiger partial charge in [-0.25, -0.2) is 4.79 Å². The second kappa shape index (κ2) is 8.86. The number of nitrogens with one attached hydrogen (secondary N) is 2. The zero-order valence-corrected chi connectivity index (χ0v) is 16.2. The van der Waals surface area contributed by atoms with Crippen molar-refractivity contribution in [1.82, 2.24) is 5.32 Å². The number of methoxy groups -OCH3 is 2. The van der Waals surface area contributed by atoms with E-state index in [-0.39, 0.29) is 6.03 Å². The number of amides is 2. The van der Waals surface area contributed by atoms with Gasteiger partial charge in [0.05, 0.1) is 31.5 Å². The first-order valence-corrected chi connectivity index (χ1v) is 9.19. The Kier molecular flexibility index (Phi) is 6.29. The van der Waals surface area contributed by atoms with Crippen molar-refractivity contribution in [3.8, 4) is 17.2 Å². The molecule has 2 amide bonds. The Hall–Kier alpha value is -2.60. The fourth-order valence-corrected chi connectivity index (χ4v) is 3.33. The molecule has 0 fully saturated rings. The van der Waals surface area contributed by atoms with Crippen LogP contribution in [0.25, 0.3) is 0 Å². The second-order valence-electron chi connectivity index (χ2n) is 6.20. The minimum atomic E-state index is -0.366. The zero-order valence-electron chi connectivity index (χ0n) is 15.4. The van der Waals surface area contributed by atoms with Crippen molar-refractivity contribution in [2.45, 2.75) is 19.3 Å². The third-order valence-electron chi connectivity index (χ3n) is 4.45. The molecule has 1 aliphatic carbocycles. The van der Waals surface area contributed by atoms with E-state index < -0.39 is 0 Å². The first-order chi connectivity index (χ1) is 13.1. The van der Waals surface area contributed by atoms with E-state index in [1.807, 2.05) is 6.07 Å². The van der Waals surface area contributed by atoms with Gasteiger partial charge in [-0.1, -0.05) is 17.7 Å². The van der Waals surface area contributed by atoms with Crippen LogP contribution in [0.1, 0.15) is 17.5 Å². The van der Waals surface area contributed by atoms with Gasteiger partial charge in [-0.05, 0) is 42.5 Å². The zero-order chi connectivity index (χ0) is 19.2. The summed E-state index contributed by atoms with van der Waals surface area (Å²) in [7, 11) is 3.01. The van der Waals surface area contributed by atoms with Crippen molar-refractivity contribution in [1.29, 1.82) is 0 Å². The lowest BCUT2D eigenvalue weighted by Gasteiger charge is -2.14. The van der Waals surface area contributed by atoms with Crippen LogP contribution in [-0.4, -0.2) is 33.4 Å². The van der Waals surface area contributed by atoms with E-state index in [1.54, 1.807) is 12.1 Å². The highest BCUT2D eigenvalue weighted by molar-refractivity contribution is 6.32. The fourth-order valence-electron chi connectivity index (χ4n) is 3.10. The maximum absolute atomic E-state index is 12.1. The van der Waals surface area contributed by atoms with E-state index >= 15 is 0 Å². The Morgan fingerprint density at radius 3 is 2.63 bits per heavy atom. The number of urea groups is 1. The molecule has 0 saturated carbocycles. The number of carbonyl (C=O) groups is 1. The molecule has 0 saturated heterocycles. The second-order valence-corrected chi connectivity index (χ2v) is 6.61. The minimum absolute atomic E-state index is 0.366. The molecule has 0 bridgehead atoms.